The maximum Gasteiger partial charge on any atom is 0.0499 e. The van der Waals surface area contributed by atoms with Crippen LogP contribution in [0.1, 0.15) is 30.5 Å². The lowest BCUT2D eigenvalue weighted by Crippen LogP contribution is -2.29. The first-order valence-corrected chi connectivity index (χ1v) is 6.82. The molecule has 1 heterocycles. The van der Waals surface area contributed by atoms with Crippen LogP contribution in [0.15, 0.2) is 24.3 Å². The van der Waals surface area contributed by atoms with E-state index in [1.165, 1.54) is 11.1 Å². The van der Waals surface area contributed by atoms with Crippen LogP contribution in [0.25, 0.3) is 0 Å². The third-order valence-electron chi connectivity index (χ3n) is 3.52. The number of benzene rings is 1. The topological polar surface area (TPSA) is 33.3 Å². The second kappa shape index (κ2) is 6.88. The third-order valence-corrected chi connectivity index (χ3v) is 3.52. The molecule has 0 aliphatic carbocycles. The van der Waals surface area contributed by atoms with Crippen LogP contribution in [0, 0.1) is 5.92 Å². The molecule has 0 saturated heterocycles. The molecule has 0 radical (unpaired) electrons. The molecule has 0 spiro atoms. The van der Waals surface area contributed by atoms with Gasteiger partial charge in [0.1, 0.15) is 0 Å². The number of fused-ring (bicyclic) bond motifs is 1. The van der Waals surface area contributed by atoms with E-state index in [4.69, 9.17) is 4.74 Å². The molecule has 1 aliphatic rings. The number of hydrogen-bond donors (Lipinski definition) is 2. The quantitative estimate of drug-likeness (QED) is 0.837. The fraction of sp³-hybridized carbons (Fsp3) is 0.600. The molecule has 0 saturated carbocycles. The summed E-state index contributed by atoms with van der Waals surface area (Å²) in [6, 6.07) is 9.20. The summed E-state index contributed by atoms with van der Waals surface area (Å²) in [5.41, 5.74) is 2.87. The van der Waals surface area contributed by atoms with Crippen LogP contribution < -0.4 is 10.6 Å². The average Bonchev–Trinajstić information content (AvgIpc) is 2.59. The highest BCUT2D eigenvalue weighted by molar-refractivity contribution is 5.30. The van der Waals surface area contributed by atoms with Gasteiger partial charge < -0.3 is 15.4 Å². The van der Waals surface area contributed by atoms with Gasteiger partial charge in [0.25, 0.3) is 0 Å². The van der Waals surface area contributed by atoms with E-state index in [-0.39, 0.29) is 0 Å². The maximum absolute atomic E-state index is 5.19. The van der Waals surface area contributed by atoms with Crippen LogP contribution in [0.5, 0.6) is 0 Å². The molecule has 0 fully saturated rings. The number of hydrogen-bond acceptors (Lipinski definition) is 3. The summed E-state index contributed by atoms with van der Waals surface area (Å²) in [5.74, 6) is 0.554. The molecule has 100 valence electrons. The van der Waals surface area contributed by atoms with Crippen molar-refractivity contribution in [3.63, 3.8) is 0 Å². The Morgan fingerprint density at radius 3 is 3.11 bits per heavy atom. The molecule has 1 aromatic rings. The predicted molar refractivity (Wildman–Crippen MR) is 74.5 cm³/mol. The van der Waals surface area contributed by atoms with E-state index in [1.807, 2.05) is 0 Å². The van der Waals surface area contributed by atoms with Crippen LogP contribution >= 0.6 is 0 Å². The van der Waals surface area contributed by atoms with Crippen LogP contribution in [-0.2, 0) is 11.3 Å². The van der Waals surface area contributed by atoms with Gasteiger partial charge in [0, 0.05) is 32.8 Å². The predicted octanol–water partition coefficient (Wildman–Crippen LogP) is 2.09. The lowest BCUT2D eigenvalue weighted by atomic mass is 9.99. The summed E-state index contributed by atoms with van der Waals surface area (Å²) in [4.78, 5) is 0. The van der Waals surface area contributed by atoms with Crippen molar-refractivity contribution < 1.29 is 4.74 Å². The number of nitrogens with one attached hydrogen (secondary N) is 2. The van der Waals surface area contributed by atoms with Crippen molar-refractivity contribution in [1.82, 2.24) is 10.6 Å². The van der Waals surface area contributed by atoms with E-state index >= 15 is 0 Å². The summed E-state index contributed by atoms with van der Waals surface area (Å²) < 4.78 is 5.19. The summed E-state index contributed by atoms with van der Waals surface area (Å²) in [7, 11) is 1.77. The van der Waals surface area contributed by atoms with Gasteiger partial charge >= 0.3 is 0 Å². The van der Waals surface area contributed by atoms with Gasteiger partial charge in [-0.2, -0.15) is 0 Å². The highest BCUT2D eigenvalue weighted by Crippen LogP contribution is 2.23. The standard InChI is InChI=1S/C15H24N2O/c1-12(11-18-2)9-17-15-7-8-16-10-13-5-3-4-6-14(13)15/h3-6,12,15-17H,7-11H2,1-2H3. The summed E-state index contributed by atoms with van der Waals surface area (Å²) >= 11 is 0. The van der Waals surface area contributed by atoms with Crippen molar-refractivity contribution >= 4 is 0 Å². The van der Waals surface area contributed by atoms with Crippen LogP contribution in [-0.4, -0.2) is 26.8 Å². The van der Waals surface area contributed by atoms with E-state index in [1.54, 1.807) is 7.11 Å². The number of rotatable bonds is 5. The minimum atomic E-state index is 0.468. The Hall–Kier alpha value is -0.900. The van der Waals surface area contributed by atoms with Crippen molar-refractivity contribution in [3.8, 4) is 0 Å². The highest BCUT2D eigenvalue weighted by Gasteiger charge is 2.17. The minimum absolute atomic E-state index is 0.468. The lowest BCUT2D eigenvalue weighted by molar-refractivity contribution is 0.156. The van der Waals surface area contributed by atoms with Crippen LogP contribution in [0.2, 0.25) is 0 Å². The molecule has 0 bridgehead atoms. The van der Waals surface area contributed by atoms with Gasteiger partial charge in [0.15, 0.2) is 0 Å². The van der Waals surface area contributed by atoms with Gasteiger partial charge in [-0.15, -0.1) is 0 Å². The zero-order chi connectivity index (χ0) is 12.8. The first kappa shape index (κ1) is 13.5. The minimum Gasteiger partial charge on any atom is -0.384 e. The van der Waals surface area contributed by atoms with Gasteiger partial charge in [-0.1, -0.05) is 31.2 Å². The molecule has 0 aromatic heterocycles. The van der Waals surface area contributed by atoms with E-state index in [0.717, 1.165) is 32.7 Å². The maximum atomic E-state index is 5.19. The molecular formula is C15H24N2O. The van der Waals surface area contributed by atoms with Gasteiger partial charge in [0.2, 0.25) is 0 Å². The van der Waals surface area contributed by atoms with E-state index in [0.29, 0.717) is 12.0 Å². The lowest BCUT2D eigenvalue weighted by Gasteiger charge is -2.21. The van der Waals surface area contributed by atoms with E-state index < -0.39 is 0 Å². The Balaban J connectivity index is 1.99. The molecule has 3 heteroatoms. The molecule has 2 rings (SSSR count). The Bertz CT molecular complexity index is 367. The van der Waals surface area contributed by atoms with Crippen molar-refractivity contribution in [2.45, 2.75) is 25.9 Å². The Morgan fingerprint density at radius 2 is 2.28 bits per heavy atom. The normalized spacial score (nSPS) is 21.1. The molecule has 1 aromatic carbocycles. The van der Waals surface area contributed by atoms with Crippen molar-refractivity contribution in [2.24, 2.45) is 5.92 Å². The number of methoxy groups -OCH3 is 1. The van der Waals surface area contributed by atoms with E-state index in [9.17, 15) is 0 Å². The smallest absolute Gasteiger partial charge is 0.0499 e. The molecule has 3 nitrogen and oxygen atoms in total. The van der Waals surface area contributed by atoms with Crippen molar-refractivity contribution in [3.05, 3.63) is 35.4 Å². The van der Waals surface area contributed by atoms with E-state index in [2.05, 4.69) is 41.8 Å². The van der Waals surface area contributed by atoms with Crippen molar-refractivity contribution in [1.29, 1.82) is 0 Å². The fourth-order valence-electron chi connectivity index (χ4n) is 2.56. The summed E-state index contributed by atoms with van der Waals surface area (Å²) in [5, 5.41) is 7.16. The molecule has 18 heavy (non-hydrogen) atoms. The second-order valence-corrected chi connectivity index (χ2v) is 5.19. The second-order valence-electron chi connectivity index (χ2n) is 5.19. The summed E-state index contributed by atoms with van der Waals surface area (Å²) in [6.45, 7) is 6.11. The largest absolute Gasteiger partial charge is 0.384 e. The zero-order valence-corrected chi connectivity index (χ0v) is 11.4. The molecule has 2 unspecified atom stereocenters. The molecule has 2 atom stereocenters. The zero-order valence-electron chi connectivity index (χ0n) is 11.4. The van der Waals surface area contributed by atoms with Crippen LogP contribution in [0.4, 0.5) is 0 Å². The average molecular weight is 248 g/mol. The molecular weight excluding hydrogens is 224 g/mol. The van der Waals surface area contributed by atoms with Crippen molar-refractivity contribution in [2.75, 3.05) is 26.8 Å². The summed E-state index contributed by atoms with van der Waals surface area (Å²) in [6.07, 6.45) is 1.15. The third kappa shape index (κ3) is 3.55. The fourth-order valence-corrected chi connectivity index (χ4v) is 2.56. The van der Waals surface area contributed by atoms with Gasteiger partial charge in [0.05, 0.1) is 0 Å². The van der Waals surface area contributed by atoms with Gasteiger partial charge in [-0.05, 0) is 30.0 Å². The Labute approximate surface area is 110 Å². The number of ether oxygens (including phenoxy) is 1. The van der Waals surface area contributed by atoms with Gasteiger partial charge in [-0.25, -0.2) is 0 Å². The van der Waals surface area contributed by atoms with Gasteiger partial charge in [-0.3, -0.25) is 0 Å². The first-order chi connectivity index (χ1) is 8.81. The van der Waals surface area contributed by atoms with Crippen LogP contribution in [0.3, 0.4) is 0 Å². The molecule has 1 aliphatic heterocycles. The Morgan fingerprint density at radius 1 is 1.44 bits per heavy atom. The first-order valence-electron chi connectivity index (χ1n) is 6.82. The SMILES string of the molecule is COCC(C)CNC1CCNCc2ccccc21. The highest BCUT2D eigenvalue weighted by atomic mass is 16.5. The monoisotopic (exact) mass is 248 g/mol. The molecule has 0 amide bonds. The Kier molecular flexibility index (Phi) is 5.17. The molecule has 2 N–H and O–H groups in total.